The quantitative estimate of drug-likeness (QED) is 0.900. The number of aromatic nitrogens is 2. The molecule has 0 unspecified atom stereocenters. The first-order valence-electron chi connectivity index (χ1n) is 5.23. The zero-order valence-electron chi connectivity index (χ0n) is 9.64. The van der Waals surface area contributed by atoms with Crippen molar-refractivity contribution < 1.29 is 8.42 Å². The summed E-state index contributed by atoms with van der Waals surface area (Å²) in [5.74, 6) is 0. The van der Waals surface area contributed by atoms with Gasteiger partial charge in [-0.25, -0.2) is 13.1 Å². The predicted molar refractivity (Wildman–Crippen MR) is 68.8 cm³/mol. The van der Waals surface area contributed by atoms with E-state index in [2.05, 4.69) is 14.9 Å². The number of hydrogen-bond acceptors (Lipinski definition) is 3. The number of benzene rings is 1. The lowest BCUT2D eigenvalue weighted by Gasteiger charge is -2.06. The first-order valence-corrected chi connectivity index (χ1v) is 7.09. The smallest absolute Gasteiger partial charge is 0.240 e. The molecule has 5 nitrogen and oxygen atoms in total. The highest BCUT2D eigenvalue weighted by molar-refractivity contribution is 7.89. The molecule has 0 atom stereocenters. The molecule has 0 aliphatic rings. The minimum Gasteiger partial charge on any atom is -0.283 e. The largest absolute Gasteiger partial charge is 0.283 e. The fourth-order valence-electron chi connectivity index (χ4n) is 1.42. The van der Waals surface area contributed by atoms with Crippen LogP contribution in [0.1, 0.15) is 11.3 Å². The Kier molecular flexibility index (Phi) is 3.70. The molecule has 1 aromatic carbocycles. The zero-order chi connectivity index (χ0) is 13.2. The second kappa shape index (κ2) is 5.09. The molecule has 0 amide bonds. The van der Waals surface area contributed by atoms with Gasteiger partial charge >= 0.3 is 0 Å². The molecule has 0 saturated heterocycles. The SMILES string of the molecule is Cc1[nH]ncc1CNS(=O)(=O)c1ccc(Cl)cc1. The molecule has 0 spiro atoms. The summed E-state index contributed by atoms with van der Waals surface area (Å²) in [7, 11) is -3.52. The van der Waals surface area contributed by atoms with E-state index in [-0.39, 0.29) is 11.4 Å². The molecule has 2 aromatic rings. The molecule has 0 radical (unpaired) electrons. The van der Waals surface area contributed by atoms with Crippen molar-refractivity contribution in [2.75, 3.05) is 0 Å². The molecule has 1 aromatic heterocycles. The summed E-state index contributed by atoms with van der Waals surface area (Å²) in [4.78, 5) is 0.188. The second-order valence-electron chi connectivity index (χ2n) is 3.80. The van der Waals surface area contributed by atoms with Crippen LogP contribution in [0.4, 0.5) is 0 Å². The molecule has 0 aliphatic carbocycles. The maximum Gasteiger partial charge on any atom is 0.240 e. The third-order valence-electron chi connectivity index (χ3n) is 2.51. The fourth-order valence-corrected chi connectivity index (χ4v) is 2.56. The highest BCUT2D eigenvalue weighted by Crippen LogP contribution is 2.14. The van der Waals surface area contributed by atoms with Crippen LogP contribution >= 0.6 is 11.6 Å². The minimum atomic E-state index is -3.52. The Morgan fingerprint density at radius 1 is 1.33 bits per heavy atom. The summed E-state index contributed by atoms with van der Waals surface area (Å²) in [5.41, 5.74) is 1.65. The van der Waals surface area contributed by atoms with Crippen molar-refractivity contribution in [3.05, 3.63) is 46.7 Å². The van der Waals surface area contributed by atoms with E-state index in [1.807, 2.05) is 6.92 Å². The monoisotopic (exact) mass is 285 g/mol. The molecule has 0 aliphatic heterocycles. The maximum absolute atomic E-state index is 12.0. The van der Waals surface area contributed by atoms with Gasteiger partial charge in [-0.05, 0) is 31.2 Å². The van der Waals surface area contributed by atoms with E-state index in [4.69, 9.17) is 11.6 Å². The first kappa shape index (κ1) is 13.1. The maximum atomic E-state index is 12.0. The van der Waals surface area contributed by atoms with Gasteiger partial charge < -0.3 is 0 Å². The molecule has 96 valence electrons. The lowest BCUT2D eigenvalue weighted by molar-refractivity contribution is 0.581. The fraction of sp³-hybridized carbons (Fsp3) is 0.182. The number of nitrogens with one attached hydrogen (secondary N) is 2. The Morgan fingerprint density at radius 3 is 2.56 bits per heavy atom. The van der Waals surface area contributed by atoms with E-state index in [0.717, 1.165) is 11.3 Å². The Bertz CT molecular complexity index is 635. The first-order chi connectivity index (χ1) is 8.49. The van der Waals surface area contributed by atoms with E-state index >= 15 is 0 Å². The zero-order valence-corrected chi connectivity index (χ0v) is 11.2. The molecular weight excluding hydrogens is 274 g/mol. The number of aryl methyl sites for hydroxylation is 1. The van der Waals surface area contributed by atoms with E-state index in [1.54, 1.807) is 18.3 Å². The van der Waals surface area contributed by atoms with Crippen molar-refractivity contribution in [1.29, 1.82) is 0 Å². The summed E-state index contributed by atoms with van der Waals surface area (Å²) in [6.45, 7) is 2.03. The van der Waals surface area contributed by atoms with Crippen LogP contribution < -0.4 is 4.72 Å². The van der Waals surface area contributed by atoms with Crippen LogP contribution in [0.15, 0.2) is 35.4 Å². The van der Waals surface area contributed by atoms with E-state index in [9.17, 15) is 8.42 Å². The Labute approximate surface area is 110 Å². The van der Waals surface area contributed by atoms with Crippen LogP contribution in [0.25, 0.3) is 0 Å². The molecule has 7 heteroatoms. The Morgan fingerprint density at radius 2 is 2.00 bits per heavy atom. The van der Waals surface area contributed by atoms with Crippen LogP contribution in [0.5, 0.6) is 0 Å². The second-order valence-corrected chi connectivity index (χ2v) is 6.00. The summed E-state index contributed by atoms with van der Waals surface area (Å²) < 4.78 is 26.4. The molecule has 0 saturated carbocycles. The number of aromatic amines is 1. The van der Waals surface area contributed by atoms with Gasteiger partial charge in [0.05, 0.1) is 11.1 Å². The van der Waals surface area contributed by atoms with Crippen LogP contribution in [-0.2, 0) is 16.6 Å². The van der Waals surface area contributed by atoms with Gasteiger partial charge in [0, 0.05) is 22.8 Å². The molecule has 2 N–H and O–H groups in total. The average Bonchev–Trinajstić information content (AvgIpc) is 2.73. The summed E-state index contributed by atoms with van der Waals surface area (Å²) in [6, 6.07) is 6.01. The van der Waals surface area contributed by atoms with Gasteiger partial charge in [0.15, 0.2) is 0 Å². The van der Waals surface area contributed by atoms with Gasteiger partial charge in [-0.1, -0.05) is 11.6 Å². The van der Waals surface area contributed by atoms with Crippen molar-refractivity contribution in [2.24, 2.45) is 0 Å². The van der Waals surface area contributed by atoms with E-state index in [0.29, 0.717) is 5.02 Å². The van der Waals surface area contributed by atoms with Crippen LogP contribution in [0, 0.1) is 6.92 Å². The van der Waals surface area contributed by atoms with Crippen molar-refractivity contribution in [1.82, 2.24) is 14.9 Å². The molecule has 18 heavy (non-hydrogen) atoms. The standard InChI is InChI=1S/C11H12ClN3O2S/c1-8-9(6-13-15-8)7-14-18(16,17)11-4-2-10(12)3-5-11/h2-6,14H,7H2,1H3,(H,13,15). The third-order valence-corrected chi connectivity index (χ3v) is 4.18. The summed E-state index contributed by atoms with van der Waals surface area (Å²) >= 11 is 5.71. The van der Waals surface area contributed by atoms with Gasteiger partial charge in [-0.15, -0.1) is 0 Å². The van der Waals surface area contributed by atoms with Crippen molar-refractivity contribution in [3.8, 4) is 0 Å². The number of halogens is 1. The third kappa shape index (κ3) is 2.90. The number of rotatable bonds is 4. The Balaban J connectivity index is 2.13. The lowest BCUT2D eigenvalue weighted by atomic mass is 10.3. The van der Waals surface area contributed by atoms with Crippen molar-refractivity contribution in [3.63, 3.8) is 0 Å². The van der Waals surface area contributed by atoms with Gasteiger partial charge in [-0.2, -0.15) is 5.10 Å². The molecule has 1 heterocycles. The molecule has 0 bridgehead atoms. The average molecular weight is 286 g/mol. The van der Waals surface area contributed by atoms with Crippen LogP contribution in [0.2, 0.25) is 5.02 Å². The number of hydrogen-bond donors (Lipinski definition) is 2. The van der Waals surface area contributed by atoms with Crippen LogP contribution in [-0.4, -0.2) is 18.6 Å². The molecule has 0 fully saturated rings. The lowest BCUT2D eigenvalue weighted by Crippen LogP contribution is -2.23. The highest BCUT2D eigenvalue weighted by Gasteiger charge is 2.14. The molecule has 2 rings (SSSR count). The number of nitrogens with zero attached hydrogens (tertiary/aromatic N) is 1. The highest BCUT2D eigenvalue weighted by atomic mass is 35.5. The summed E-state index contributed by atoms with van der Waals surface area (Å²) in [6.07, 6.45) is 1.60. The minimum absolute atomic E-state index is 0.188. The van der Waals surface area contributed by atoms with Crippen molar-refractivity contribution >= 4 is 21.6 Å². The van der Waals surface area contributed by atoms with Gasteiger partial charge in [0.25, 0.3) is 0 Å². The predicted octanol–water partition coefficient (Wildman–Crippen LogP) is 1.85. The van der Waals surface area contributed by atoms with Gasteiger partial charge in [-0.3, -0.25) is 5.10 Å². The van der Waals surface area contributed by atoms with Gasteiger partial charge in [0.1, 0.15) is 0 Å². The van der Waals surface area contributed by atoms with E-state index < -0.39 is 10.0 Å². The van der Waals surface area contributed by atoms with Gasteiger partial charge in [0.2, 0.25) is 10.0 Å². The topological polar surface area (TPSA) is 74.8 Å². The number of H-pyrrole nitrogens is 1. The molecular formula is C11H12ClN3O2S. The van der Waals surface area contributed by atoms with E-state index in [1.165, 1.54) is 12.1 Å². The summed E-state index contributed by atoms with van der Waals surface area (Å²) in [5, 5.41) is 7.08. The Hall–Kier alpha value is -1.37. The number of sulfonamides is 1. The van der Waals surface area contributed by atoms with Crippen molar-refractivity contribution in [2.45, 2.75) is 18.4 Å². The normalized spacial score (nSPS) is 11.7. The van der Waals surface area contributed by atoms with Crippen LogP contribution in [0.3, 0.4) is 0 Å².